The van der Waals surface area contributed by atoms with E-state index < -0.39 is 0 Å². The summed E-state index contributed by atoms with van der Waals surface area (Å²) >= 11 is 1.64. The normalized spacial score (nSPS) is 11.9. The Labute approximate surface area is 113 Å². The van der Waals surface area contributed by atoms with Gasteiger partial charge in [-0.05, 0) is 6.42 Å². The van der Waals surface area contributed by atoms with Gasteiger partial charge in [0.1, 0.15) is 0 Å². The zero-order chi connectivity index (χ0) is 13.5. The van der Waals surface area contributed by atoms with Crippen LogP contribution in [0.15, 0.2) is 0 Å². The average Bonchev–Trinajstić information content (AvgIpc) is 2.77. The SMILES string of the molecule is C#CCC(CC)NCc1sc(N(C)C)nc1OC. The molecule has 0 radical (unpaired) electrons. The van der Waals surface area contributed by atoms with Crippen LogP contribution in [0.5, 0.6) is 5.88 Å². The maximum atomic E-state index is 5.34. The Morgan fingerprint density at radius 3 is 2.78 bits per heavy atom. The molecule has 1 rings (SSSR count). The smallest absolute Gasteiger partial charge is 0.230 e. The Morgan fingerprint density at radius 1 is 1.56 bits per heavy atom. The van der Waals surface area contributed by atoms with Crippen molar-refractivity contribution in [3.63, 3.8) is 0 Å². The monoisotopic (exact) mass is 267 g/mol. The van der Waals surface area contributed by atoms with Crippen LogP contribution in [0.3, 0.4) is 0 Å². The van der Waals surface area contributed by atoms with Crippen molar-refractivity contribution in [2.24, 2.45) is 0 Å². The van der Waals surface area contributed by atoms with Crippen LogP contribution >= 0.6 is 11.3 Å². The Kier molecular flexibility index (Phi) is 5.96. The molecule has 0 aliphatic heterocycles. The van der Waals surface area contributed by atoms with Crippen molar-refractivity contribution in [2.45, 2.75) is 32.4 Å². The molecule has 0 aliphatic carbocycles. The predicted molar refractivity (Wildman–Crippen MR) is 77.4 cm³/mol. The van der Waals surface area contributed by atoms with Crippen LogP contribution in [0.25, 0.3) is 0 Å². The van der Waals surface area contributed by atoms with E-state index in [1.165, 1.54) is 0 Å². The lowest BCUT2D eigenvalue weighted by Crippen LogP contribution is -2.27. The molecule has 5 heteroatoms. The second kappa shape index (κ2) is 7.24. The molecule has 0 amide bonds. The van der Waals surface area contributed by atoms with E-state index in [9.17, 15) is 0 Å². The fourth-order valence-electron chi connectivity index (χ4n) is 1.53. The molecule has 0 aromatic carbocycles. The van der Waals surface area contributed by atoms with Gasteiger partial charge >= 0.3 is 0 Å². The second-order valence-electron chi connectivity index (χ2n) is 4.22. The maximum absolute atomic E-state index is 5.34. The highest BCUT2D eigenvalue weighted by Gasteiger charge is 2.14. The summed E-state index contributed by atoms with van der Waals surface area (Å²) in [6.45, 7) is 2.87. The van der Waals surface area contributed by atoms with Crippen LogP contribution in [0.4, 0.5) is 5.13 Å². The van der Waals surface area contributed by atoms with Gasteiger partial charge in [0.25, 0.3) is 0 Å². The van der Waals surface area contributed by atoms with Crippen LogP contribution in [-0.4, -0.2) is 32.2 Å². The zero-order valence-electron chi connectivity index (χ0n) is 11.5. The Bertz CT molecular complexity index is 409. The summed E-state index contributed by atoms with van der Waals surface area (Å²) in [7, 11) is 5.60. The number of terminal acetylenes is 1. The van der Waals surface area contributed by atoms with E-state index in [2.05, 4.69) is 23.1 Å². The van der Waals surface area contributed by atoms with Crippen LogP contribution in [0.2, 0.25) is 0 Å². The lowest BCUT2D eigenvalue weighted by Gasteiger charge is -2.13. The Morgan fingerprint density at radius 2 is 2.28 bits per heavy atom. The van der Waals surface area contributed by atoms with Crippen LogP contribution < -0.4 is 15.0 Å². The van der Waals surface area contributed by atoms with Crippen molar-refractivity contribution >= 4 is 16.5 Å². The topological polar surface area (TPSA) is 37.4 Å². The van der Waals surface area contributed by atoms with E-state index in [0.717, 1.165) is 29.4 Å². The highest BCUT2D eigenvalue weighted by molar-refractivity contribution is 7.15. The summed E-state index contributed by atoms with van der Waals surface area (Å²) < 4.78 is 5.29. The Hall–Kier alpha value is -1.25. The number of hydrogen-bond donors (Lipinski definition) is 1. The number of nitrogens with zero attached hydrogens (tertiary/aromatic N) is 2. The fraction of sp³-hybridized carbons (Fsp3) is 0.615. The number of aromatic nitrogens is 1. The molecular weight excluding hydrogens is 246 g/mol. The lowest BCUT2D eigenvalue weighted by molar-refractivity contribution is 0.392. The summed E-state index contributed by atoms with van der Waals surface area (Å²) in [5.41, 5.74) is 0. The first-order valence-electron chi connectivity index (χ1n) is 6.00. The largest absolute Gasteiger partial charge is 0.480 e. The number of hydrogen-bond acceptors (Lipinski definition) is 5. The van der Waals surface area contributed by atoms with E-state index in [1.54, 1.807) is 18.4 Å². The van der Waals surface area contributed by atoms with Crippen molar-refractivity contribution in [3.8, 4) is 18.2 Å². The highest BCUT2D eigenvalue weighted by Crippen LogP contribution is 2.30. The molecule has 0 saturated heterocycles. The minimum atomic E-state index is 0.351. The van der Waals surface area contributed by atoms with Gasteiger partial charge in [-0.2, -0.15) is 4.98 Å². The first-order chi connectivity index (χ1) is 8.62. The van der Waals surface area contributed by atoms with E-state index in [4.69, 9.17) is 11.2 Å². The molecule has 4 nitrogen and oxygen atoms in total. The van der Waals surface area contributed by atoms with Gasteiger partial charge in [-0.3, -0.25) is 0 Å². The van der Waals surface area contributed by atoms with Crippen molar-refractivity contribution < 1.29 is 4.74 Å². The molecule has 1 aromatic rings. The van der Waals surface area contributed by atoms with Crippen molar-refractivity contribution in [3.05, 3.63) is 4.88 Å². The molecule has 0 bridgehead atoms. The third kappa shape index (κ3) is 3.90. The predicted octanol–water partition coefficient (Wildman–Crippen LogP) is 2.11. The van der Waals surface area contributed by atoms with Crippen LogP contribution in [0.1, 0.15) is 24.6 Å². The number of ether oxygens (including phenoxy) is 1. The minimum Gasteiger partial charge on any atom is -0.480 e. The lowest BCUT2D eigenvalue weighted by atomic mass is 10.1. The molecule has 18 heavy (non-hydrogen) atoms. The number of anilines is 1. The minimum absolute atomic E-state index is 0.351. The van der Waals surface area contributed by atoms with E-state index in [1.807, 2.05) is 19.0 Å². The third-order valence-electron chi connectivity index (χ3n) is 2.63. The molecule has 1 unspecified atom stereocenters. The number of thiazole rings is 1. The molecule has 1 aromatic heterocycles. The van der Waals surface area contributed by atoms with Crippen LogP contribution in [0, 0.1) is 12.3 Å². The quantitative estimate of drug-likeness (QED) is 0.768. The summed E-state index contributed by atoms with van der Waals surface area (Å²) in [5, 5.41) is 4.40. The first-order valence-corrected chi connectivity index (χ1v) is 6.81. The molecule has 0 saturated carbocycles. The number of nitrogens with one attached hydrogen (secondary N) is 1. The highest BCUT2D eigenvalue weighted by atomic mass is 32.1. The summed E-state index contributed by atoms with van der Waals surface area (Å²) in [5.74, 6) is 3.39. The molecule has 1 atom stereocenters. The molecular formula is C13H21N3OS. The van der Waals surface area contributed by atoms with E-state index in [-0.39, 0.29) is 0 Å². The molecule has 100 valence electrons. The average molecular weight is 267 g/mol. The van der Waals surface area contributed by atoms with Gasteiger partial charge < -0.3 is 15.0 Å². The van der Waals surface area contributed by atoms with Crippen LogP contribution in [-0.2, 0) is 6.54 Å². The third-order valence-corrected chi connectivity index (χ3v) is 3.84. The first kappa shape index (κ1) is 14.8. The van der Waals surface area contributed by atoms with Gasteiger partial charge in [0, 0.05) is 33.1 Å². The van der Waals surface area contributed by atoms with Gasteiger partial charge in [-0.15, -0.1) is 12.3 Å². The Balaban J connectivity index is 2.68. The summed E-state index contributed by atoms with van der Waals surface area (Å²) in [4.78, 5) is 7.51. The number of methoxy groups -OCH3 is 1. The van der Waals surface area contributed by atoms with Gasteiger partial charge in [0.05, 0.1) is 12.0 Å². The molecule has 0 aliphatic rings. The van der Waals surface area contributed by atoms with Crippen molar-refractivity contribution in [2.75, 3.05) is 26.1 Å². The van der Waals surface area contributed by atoms with Gasteiger partial charge in [-0.1, -0.05) is 18.3 Å². The summed E-state index contributed by atoms with van der Waals surface area (Å²) in [6, 6.07) is 0.351. The molecule has 0 fully saturated rings. The molecule has 1 N–H and O–H groups in total. The van der Waals surface area contributed by atoms with Gasteiger partial charge in [-0.25, -0.2) is 0 Å². The second-order valence-corrected chi connectivity index (χ2v) is 5.28. The fourth-order valence-corrected chi connectivity index (χ4v) is 2.43. The maximum Gasteiger partial charge on any atom is 0.230 e. The molecule has 0 spiro atoms. The van der Waals surface area contributed by atoms with E-state index >= 15 is 0 Å². The molecule has 1 heterocycles. The number of rotatable bonds is 7. The van der Waals surface area contributed by atoms with Crippen molar-refractivity contribution in [1.82, 2.24) is 10.3 Å². The van der Waals surface area contributed by atoms with Gasteiger partial charge in [0.2, 0.25) is 5.88 Å². The summed E-state index contributed by atoms with van der Waals surface area (Å²) in [6.07, 6.45) is 7.11. The van der Waals surface area contributed by atoms with Crippen molar-refractivity contribution in [1.29, 1.82) is 0 Å². The standard InChI is InChI=1S/C13H21N3OS/c1-6-8-10(7-2)14-9-11-12(17-5)15-13(18-11)16(3)4/h1,10,14H,7-9H2,2-5H3. The van der Waals surface area contributed by atoms with E-state index in [0.29, 0.717) is 11.9 Å². The van der Waals surface area contributed by atoms with Gasteiger partial charge in [0.15, 0.2) is 5.13 Å². The zero-order valence-corrected chi connectivity index (χ0v) is 12.3.